The average Bonchev–Trinajstić information content (AvgIpc) is 3.00. The topological polar surface area (TPSA) is 75.4 Å². The summed E-state index contributed by atoms with van der Waals surface area (Å²) in [5.41, 5.74) is 6.43. The molecule has 0 bridgehead atoms. The number of nitrogens with one attached hydrogen (secondary N) is 1. The molecule has 7 heteroatoms. The summed E-state index contributed by atoms with van der Waals surface area (Å²) in [6, 6.07) is 14.7. The molecule has 1 atom stereocenters. The van der Waals surface area contributed by atoms with Crippen LogP contribution in [-0.2, 0) is 4.79 Å². The van der Waals surface area contributed by atoms with Gasteiger partial charge in [-0.1, -0.05) is 0 Å². The molecule has 24 heavy (non-hydrogen) atoms. The van der Waals surface area contributed by atoms with E-state index in [-0.39, 0.29) is 20.9 Å². The number of halogens is 1. The Hall–Kier alpha value is -2.63. The van der Waals surface area contributed by atoms with E-state index in [1.54, 1.807) is 47.5 Å². The Bertz CT molecular complexity index is 810. The van der Waals surface area contributed by atoms with Gasteiger partial charge in [0, 0.05) is 0 Å². The number of rotatable bonds is 4. The molecular formula is C17H14FN3O2Se. The third kappa shape index (κ3) is 3.47. The van der Waals surface area contributed by atoms with Crippen LogP contribution < -0.4 is 16.0 Å². The minimum absolute atomic E-state index is 0.261. The fourth-order valence-electron chi connectivity index (χ4n) is 2.25. The van der Waals surface area contributed by atoms with E-state index in [2.05, 4.69) is 5.32 Å². The van der Waals surface area contributed by atoms with E-state index >= 15 is 0 Å². The third-order valence-electron chi connectivity index (χ3n) is 3.39. The molecule has 122 valence electrons. The van der Waals surface area contributed by atoms with E-state index in [1.807, 2.05) is 6.07 Å². The summed E-state index contributed by atoms with van der Waals surface area (Å²) in [5, 5.41) is 2.43. The predicted molar refractivity (Wildman–Crippen MR) is 89.6 cm³/mol. The Kier molecular flexibility index (Phi) is 4.64. The zero-order chi connectivity index (χ0) is 17.1. The molecular weight excluding hydrogens is 376 g/mol. The molecule has 0 saturated carbocycles. The van der Waals surface area contributed by atoms with Crippen molar-refractivity contribution < 1.29 is 14.0 Å². The molecule has 0 radical (unpaired) electrons. The molecule has 2 aromatic carbocycles. The van der Waals surface area contributed by atoms with Crippen LogP contribution in [-0.4, -0.2) is 31.8 Å². The number of nitrogens with two attached hydrogens (primary N) is 1. The van der Waals surface area contributed by atoms with Gasteiger partial charge < -0.3 is 0 Å². The van der Waals surface area contributed by atoms with Gasteiger partial charge in [-0.2, -0.15) is 0 Å². The Balaban J connectivity index is 1.86. The van der Waals surface area contributed by atoms with Crippen molar-refractivity contribution >= 4 is 32.5 Å². The number of hydrogen-bond acceptors (Lipinski definition) is 3. The Morgan fingerprint density at radius 1 is 1.12 bits per heavy atom. The summed E-state index contributed by atoms with van der Waals surface area (Å²) < 4.78 is 13.9. The van der Waals surface area contributed by atoms with Crippen LogP contribution in [0.4, 0.5) is 10.1 Å². The average molecular weight is 390 g/mol. The SMILES string of the molecule is NC(=O)C1=CN(c2cccc(F)c2)C(NC(=O)c2ccccc2)[Se]1. The second-order valence-electron chi connectivity index (χ2n) is 5.05. The number of nitrogens with zero attached hydrogens (tertiary/aromatic N) is 1. The number of carbonyl (C=O) groups excluding carboxylic acids is 2. The maximum absolute atomic E-state index is 13.5. The zero-order valence-electron chi connectivity index (χ0n) is 12.5. The van der Waals surface area contributed by atoms with E-state index < -0.39 is 16.8 Å². The summed E-state index contributed by atoms with van der Waals surface area (Å²) >= 11 is -0.386. The van der Waals surface area contributed by atoms with E-state index in [0.29, 0.717) is 15.7 Å². The Labute approximate surface area is 144 Å². The fraction of sp³-hybridized carbons (Fsp3) is 0.0588. The van der Waals surface area contributed by atoms with Gasteiger partial charge in [0.1, 0.15) is 0 Å². The summed E-state index contributed by atoms with van der Waals surface area (Å²) in [7, 11) is 0. The molecule has 1 aliphatic heterocycles. The van der Waals surface area contributed by atoms with E-state index in [0.717, 1.165) is 0 Å². The molecule has 2 aromatic rings. The van der Waals surface area contributed by atoms with Gasteiger partial charge in [-0.15, -0.1) is 0 Å². The standard InChI is InChI=1S/C17H14FN3O2Se/c18-12-7-4-8-13(9-12)21-10-14(15(19)22)24-17(21)20-16(23)11-5-2-1-3-6-11/h1-10,17H,(H2,19,22)(H,20,23). The first-order valence-corrected chi connectivity index (χ1v) is 8.97. The van der Waals surface area contributed by atoms with Gasteiger partial charge in [-0.25, -0.2) is 0 Å². The molecule has 0 aromatic heterocycles. The third-order valence-corrected chi connectivity index (χ3v) is 5.76. The summed E-state index contributed by atoms with van der Waals surface area (Å²) in [6.45, 7) is 0. The molecule has 3 N–H and O–H groups in total. The molecule has 0 saturated heterocycles. The van der Waals surface area contributed by atoms with Gasteiger partial charge in [-0.05, 0) is 0 Å². The summed E-state index contributed by atoms with van der Waals surface area (Å²) in [4.78, 5) is 25.6. The van der Waals surface area contributed by atoms with Gasteiger partial charge in [0.15, 0.2) is 0 Å². The van der Waals surface area contributed by atoms with Crippen LogP contribution in [0.15, 0.2) is 65.3 Å². The van der Waals surface area contributed by atoms with Crippen molar-refractivity contribution in [2.24, 2.45) is 5.73 Å². The Morgan fingerprint density at radius 2 is 1.88 bits per heavy atom. The number of hydrogen-bond donors (Lipinski definition) is 2. The number of amides is 2. The fourth-order valence-corrected chi connectivity index (χ4v) is 4.34. The van der Waals surface area contributed by atoms with Crippen molar-refractivity contribution in [3.05, 3.63) is 76.6 Å². The van der Waals surface area contributed by atoms with E-state index in [4.69, 9.17) is 5.73 Å². The minimum atomic E-state index is -0.534. The van der Waals surface area contributed by atoms with Crippen molar-refractivity contribution in [3.63, 3.8) is 0 Å². The Morgan fingerprint density at radius 3 is 2.54 bits per heavy atom. The van der Waals surface area contributed by atoms with Gasteiger partial charge in [-0.3, -0.25) is 0 Å². The normalized spacial score (nSPS) is 16.6. The number of benzene rings is 2. The molecule has 2 amide bonds. The second kappa shape index (κ2) is 6.86. The first kappa shape index (κ1) is 16.2. The maximum atomic E-state index is 13.5. The summed E-state index contributed by atoms with van der Waals surface area (Å²) in [5.74, 6) is -1.19. The van der Waals surface area contributed by atoms with Gasteiger partial charge in [0.25, 0.3) is 0 Å². The number of carbonyl (C=O) groups is 2. The number of anilines is 1. The van der Waals surface area contributed by atoms with Crippen molar-refractivity contribution in [1.29, 1.82) is 0 Å². The molecule has 0 fully saturated rings. The predicted octanol–water partition coefficient (Wildman–Crippen LogP) is 1.39. The molecule has 0 aliphatic carbocycles. The van der Waals surface area contributed by atoms with Crippen molar-refractivity contribution in [1.82, 2.24) is 5.32 Å². The molecule has 1 unspecified atom stereocenters. The molecule has 0 spiro atoms. The van der Waals surface area contributed by atoms with Gasteiger partial charge in [0.2, 0.25) is 0 Å². The van der Waals surface area contributed by atoms with Crippen LogP contribution in [0, 0.1) is 5.82 Å². The number of primary amides is 1. The van der Waals surface area contributed by atoms with Crippen molar-refractivity contribution in [3.8, 4) is 0 Å². The van der Waals surface area contributed by atoms with Crippen LogP contribution in [0.25, 0.3) is 0 Å². The van der Waals surface area contributed by atoms with Crippen molar-refractivity contribution in [2.45, 2.75) is 5.06 Å². The molecule has 5 nitrogen and oxygen atoms in total. The molecule has 1 heterocycles. The molecule has 3 rings (SSSR count). The van der Waals surface area contributed by atoms with E-state index in [9.17, 15) is 14.0 Å². The second-order valence-corrected chi connectivity index (χ2v) is 7.41. The van der Waals surface area contributed by atoms with Crippen LogP contribution >= 0.6 is 0 Å². The van der Waals surface area contributed by atoms with Gasteiger partial charge >= 0.3 is 144 Å². The van der Waals surface area contributed by atoms with Crippen molar-refractivity contribution in [2.75, 3.05) is 4.90 Å². The van der Waals surface area contributed by atoms with Crippen LogP contribution in [0.2, 0.25) is 0 Å². The van der Waals surface area contributed by atoms with Crippen LogP contribution in [0.5, 0.6) is 0 Å². The quantitative estimate of drug-likeness (QED) is 0.775. The zero-order valence-corrected chi connectivity index (χ0v) is 14.2. The first-order chi connectivity index (χ1) is 11.5. The summed E-state index contributed by atoms with van der Waals surface area (Å²) in [6.07, 6.45) is 1.58. The van der Waals surface area contributed by atoms with Gasteiger partial charge in [0.05, 0.1) is 0 Å². The molecule has 1 aliphatic rings. The van der Waals surface area contributed by atoms with Crippen LogP contribution in [0.3, 0.4) is 0 Å². The van der Waals surface area contributed by atoms with E-state index in [1.165, 1.54) is 12.1 Å². The van der Waals surface area contributed by atoms with Crippen LogP contribution in [0.1, 0.15) is 10.4 Å². The first-order valence-electron chi connectivity index (χ1n) is 7.13. The monoisotopic (exact) mass is 391 g/mol.